The number of allylic oxidation sites excluding steroid dienone is 1. The summed E-state index contributed by atoms with van der Waals surface area (Å²) in [5, 5.41) is 0. The molecule has 7 nitrogen and oxygen atoms in total. The first kappa shape index (κ1) is 21.0. The van der Waals surface area contributed by atoms with Crippen molar-refractivity contribution in [1.82, 2.24) is 9.88 Å². The third kappa shape index (κ3) is 4.15. The maximum absolute atomic E-state index is 12.9. The third-order valence-electron chi connectivity index (χ3n) is 5.83. The van der Waals surface area contributed by atoms with E-state index in [1.807, 2.05) is 36.4 Å². The number of carbonyl (C=O) groups excluding carboxylic acids is 1. The summed E-state index contributed by atoms with van der Waals surface area (Å²) in [4.78, 5) is 19.2. The molecule has 1 aromatic heterocycles. The molecular formula is C26H24N2O5. The lowest BCUT2D eigenvalue weighted by atomic mass is 10.0. The van der Waals surface area contributed by atoms with Crippen molar-refractivity contribution in [3.05, 3.63) is 82.9 Å². The third-order valence-corrected chi connectivity index (χ3v) is 5.83. The largest absolute Gasteiger partial charge is 0.493 e. The predicted molar refractivity (Wildman–Crippen MR) is 123 cm³/mol. The fourth-order valence-electron chi connectivity index (χ4n) is 4.08. The van der Waals surface area contributed by atoms with Crippen LogP contribution in [0.3, 0.4) is 0 Å². The van der Waals surface area contributed by atoms with Crippen LogP contribution in [-0.4, -0.2) is 43.2 Å². The van der Waals surface area contributed by atoms with Crippen molar-refractivity contribution in [3.63, 3.8) is 0 Å². The molecule has 0 unspecified atom stereocenters. The second kappa shape index (κ2) is 8.96. The summed E-state index contributed by atoms with van der Waals surface area (Å²) in [6.45, 7) is 1.90. The Kier molecular flexibility index (Phi) is 5.71. The minimum Gasteiger partial charge on any atom is -0.493 e. The van der Waals surface area contributed by atoms with Gasteiger partial charge in [-0.3, -0.25) is 14.7 Å². The standard InChI is InChI=1S/C26H24N2O5/c1-30-22-7-5-17(12-23(22)31-2)9-11-28-15-20-21(32-16-28)8-6-19-25(29)24(33-26(19)20)13-18-4-3-10-27-14-18/h3-8,10,12-14H,9,11,15-16H2,1-2H3/b24-13-. The average Bonchev–Trinajstić information content (AvgIpc) is 3.18. The molecule has 2 aliphatic rings. The molecule has 0 spiro atoms. The Hall–Kier alpha value is -3.84. The normalized spacial score (nSPS) is 16.1. The molecule has 0 saturated heterocycles. The second-order valence-corrected chi connectivity index (χ2v) is 7.91. The van der Waals surface area contributed by atoms with Gasteiger partial charge in [0.25, 0.3) is 0 Å². The lowest BCUT2D eigenvalue weighted by molar-refractivity contribution is 0.0949. The van der Waals surface area contributed by atoms with Crippen molar-refractivity contribution in [3.8, 4) is 23.0 Å². The molecule has 0 fully saturated rings. The zero-order chi connectivity index (χ0) is 22.8. The van der Waals surface area contributed by atoms with Gasteiger partial charge in [0.15, 0.2) is 17.3 Å². The molecule has 0 saturated carbocycles. The molecule has 0 amide bonds. The summed E-state index contributed by atoms with van der Waals surface area (Å²) in [6, 6.07) is 13.3. The topological polar surface area (TPSA) is 70.1 Å². The summed E-state index contributed by atoms with van der Waals surface area (Å²) in [5.74, 6) is 2.94. The number of aromatic nitrogens is 1. The molecule has 3 heterocycles. The van der Waals surface area contributed by atoms with E-state index >= 15 is 0 Å². The molecule has 0 bridgehead atoms. The van der Waals surface area contributed by atoms with Gasteiger partial charge in [-0.15, -0.1) is 0 Å². The van der Waals surface area contributed by atoms with E-state index in [-0.39, 0.29) is 5.78 Å². The van der Waals surface area contributed by atoms with Crippen molar-refractivity contribution in [2.75, 3.05) is 27.5 Å². The molecule has 0 atom stereocenters. The molecule has 0 radical (unpaired) electrons. The van der Waals surface area contributed by atoms with Crippen LogP contribution in [0, 0.1) is 0 Å². The fourth-order valence-corrected chi connectivity index (χ4v) is 4.08. The molecular weight excluding hydrogens is 420 g/mol. The van der Waals surface area contributed by atoms with E-state index in [0.717, 1.165) is 35.4 Å². The maximum atomic E-state index is 12.9. The highest BCUT2D eigenvalue weighted by molar-refractivity contribution is 6.15. The summed E-state index contributed by atoms with van der Waals surface area (Å²) in [6.07, 6.45) is 5.93. The number of hydrogen-bond donors (Lipinski definition) is 0. The van der Waals surface area contributed by atoms with Crippen molar-refractivity contribution in [2.45, 2.75) is 13.0 Å². The van der Waals surface area contributed by atoms with Crippen LogP contribution >= 0.6 is 0 Å². The van der Waals surface area contributed by atoms with Crippen molar-refractivity contribution in [2.24, 2.45) is 0 Å². The van der Waals surface area contributed by atoms with Crippen LogP contribution in [0.2, 0.25) is 0 Å². The molecule has 3 aromatic rings. The van der Waals surface area contributed by atoms with Crippen LogP contribution < -0.4 is 18.9 Å². The summed E-state index contributed by atoms with van der Waals surface area (Å²) in [5.41, 5.74) is 3.42. The van der Waals surface area contributed by atoms with Crippen LogP contribution in [-0.2, 0) is 13.0 Å². The molecule has 7 heteroatoms. The number of ether oxygens (including phenoxy) is 4. The van der Waals surface area contributed by atoms with Gasteiger partial charge < -0.3 is 18.9 Å². The highest BCUT2D eigenvalue weighted by Gasteiger charge is 2.33. The molecule has 0 N–H and O–H groups in total. The maximum Gasteiger partial charge on any atom is 0.231 e. The van der Waals surface area contributed by atoms with Gasteiger partial charge in [-0.2, -0.15) is 0 Å². The molecule has 0 aliphatic carbocycles. The highest BCUT2D eigenvalue weighted by atomic mass is 16.5. The van der Waals surface area contributed by atoms with Gasteiger partial charge in [0.2, 0.25) is 5.78 Å². The quantitative estimate of drug-likeness (QED) is 0.530. The first-order chi connectivity index (χ1) is 16.2. The minimum absolute atomic E-state index is 0.126. The summed E-state index contributed by atoms with van der Waals surface area (Å²) in [7, 11) is 3.26. The average molecular weight is 444 g/mol. The van der Waals surface area contributed by atoms with Gasteiger partial charge in [0.05, 0.1) is 25.3 Å². The van der Waals surface area contributed by atoms with Gasteiger partial charge in [-0.05, 0) is 54.0 Å². The Morgan fingerprint density at radius 1 is 1.12 bits per heavy atom. The number of nitrogens with zero attached hydrogens (tertiary/aromatic N) is 2. The Labute approximate surface area is 192 Å². The summed E-state index contributed by atoms with van der Waals surface area (Å²) < 4.78 is 22.7. The van der Waals surface area contributed by atoms with E-state index in [1.165, 1.54) is 0 Å². The van der Waals surface area contributed by atoms with Crippen LogP contribution in [0.15, 0.2) is 60.6 Å². The fraction of sp³-hybridized carbons (Fsp3) is 0.231. The minimum atomic E-state index is -0.126. The van der Waals surface area contributed by atoms with Crippen molar-refractivity contribution >= 4 is 11.9 Å². The van der Waals surface area contributed by atoms with E-state index in [4.69, 9.17) is 18.9 Å². The summed E-state index contributed by atoms with van der Waals surface area (Å²) >= 11 is 0. The number of Topliss-reactive ketones (excluding diaryl/α,β-unsaturated/α-hetero) is 1. The molecule has 168 valence electrons. The SMILES string of the molecule is COc1ccc(CCN2COc3ccc4c(c3C2)O/C(=C\c2cccnc2)C4=O)cc1OC. The van der Waals surface area contributed by atoms with E-state index in [9.17, 15) is 4.79 Å². The van der Waals surface area contributed by atoms with Gasteiger partial charge in [0.1, 0.15) is 18.2 Å². The zero-order valence-electron chi connectivity index (χ0n) is 18.5. The van der Waals surface area contributed by atoms with E-state index < -0.39 is 0 Å². The van der Waals surface area contributed by atoms with Gasteiger partial charge >= 0.3 is 0 Å². The smallest absolute Gasteiger partial charge is 0.231 e. The van der Waals surface area contributed by atoms with E-state index in [2.05, 4.69) is 9.88 Å². The van der Waals surface area contributed by atoms with Crippen molar-refractivity contribution < 1.29 is 23.7 Å². The molecule has 2 aromatic carbocycles. The number of methoxy groups -OCH3 is 2. The number of fused-ring (bicyclic) bond motifs is 3. The zero-order valence-corrected chi connectivity index (χ0v) is 18.5. The number of hydrogen-bond acceptors (Lipinski definition) is 7. The highest BCUT2D eigenvalue weighted by Crippen LogP contribution is 2.42. The lowest BCUT2D eigenvalue weighted by Crippen LogP contribution is -2.33. The Bertz CT molecular complexity index is 1220. The second-order valence-electron chi connectivity index (χ2n) is 7.91. The Morgan fingerprint density at radius 2 is 2.00 bits per heavy atom. The van der Waals surface area contributed by atoms with Crippen LogP contribution in [0.25, 0.3) is 6.08 Å². The molecule has 33 heavy (non-hydrogen) atoms. The number of benzene rings is 2. The van der Waals surface area contributed by atoms with E-state index in [0.29, 0.717) is 41.8 Å². The van der Waals surface area contributed by atoms with Crippen LogP contribution in [0.4, 0.5) is 0 Å². The number of rotatable bonds is 6. The number of pyridine rings is 1. The first-order valence-corrected chi connectivity index (χ1v) is 10.7. The van der Waals surface area contributed by atoms with E-state index in [1.54, 1.807) is 38.8 Å². The first-order valence-electron chi connectivity index (χ1n) is 10.7. The van der Waals surface area contributed by atoms with Crippen LogP contribution in [0.5, 0.6) is 23.0 Å². The number of carbonyl (C=O) groups is 1. The van der Waals surface area contributed by atoms with Crippen molar-refractivity contribution in [1.29, 1.82) is 0 Å². The monoisotopic (exact) mass is 444 g/mol. The van der Waals surface area contributed by atoms with Gasteiger partial charge in [0, 0.05) is 25.5 Å². The lowest BCUT2D eigenvalue weighted by Gasteiger charge is -2.29. The molecule has 2 aliphatic heterocycles. The molecule has 5 rings (SSSR count). The Morgan fingerprint density at radius 3 is 2.79 bits per heavy atom. The van der Waals surface area contributed by atoms with Gasteiger partial charge in [-0.25, -0.2) is 0 Å². The Balaban J connectivity index is 1.33. The van der Waals surface area contributed by atoms with Crippen LogP contribution in [0.1, 0.15) is 27.0 Å². The number of ketones is 1. The predicted octanol–water partition coefficient (Wildman–Crippen LogP) is 4.11. The van der Waals surface area contributed by atoms with Gasteiger partial charge in [-0.1, -0.05) is 12.1 Å².